The van der Waals surface area contributed by atoms with E-state index in [0.717, 1.165) is 23.8 Å². The molecule has 9 heteroatoms. The lowest BCUT2D eigenvalue weighted by atomic mass is 10.1. The Morgan fingerprint density at radius 2 is 1.69 bits per heavy atom. The van der Waals surface area contributed by atoms with E-state index in [1.54, 1.807) is 30.3 Å². The van der Waals surface area contributed by atoms with Crippen molar-refractivity contribution < 1.29 is 31.5 Å². The van der Waals surface area contributed by atoms with Crippen LogP contribution < -0.4 is 0 Å². The standard InChI is InChI=1S/C20H19F2NO5S/c21-16-7-4-8-17(22)19(16)20(25)28-12-18(24)23(11-14-5-2-1-3-6-14)15-9-10-29(26,27)13-15/h1-8,15H,9-13H2/t15-/m0/s1. The molecule has 0 radical (unpaired) electrons. The molecule has 1 aliphatic heterocycles. The Bertz CT molecular complexity index is 991. The first-order valence-corrected chi connectivity index (χ1v) is 10.7. The summed E-state index contributed by atoms with van der Waals surface area (Å²) in [7, 11) is -3.25. The molecule has 0 N–H and O–H groups in total. The lowest BCUT2D eigenvalue weighted by Crippen LogP contribution is -2.42. The average molecular weight is 423 g/mol. The second-order valence-corrected chi connectivity index (χ2v) is 8.97. The number of hydrogen-bond donors (Lipinski definition) is 0. The maximum absolute atomic E-state index is 13.7. The minimum Gasteiger partial charge on any atom is -0.452 e. The summed E-state index contributed by atoms with van der Waals surface area (Å²) in [4.78, 5) is 26.1. The van der Waals surface area contributed by atoms with Gasteiger partial charge in [0.05, 0.1) is 11.5 Å². The lowest BCUT2D eigenvalue weighted by molar-refractivity contribution is -0.137. The van der Waals surface area contributed by atoms with Gasteiger partial charge in [-0.3, -0.25) is 4.79 Å². The molecule has 1 atom stereocenters. The monoisotopic (exact) mass is 423 g/mol. The van der Waals surface area contributed by atoms with Crippen molar-refractivity contribution >= 4 is 21.7 Å². The molecule has 1 fully saturated rings. The minimum atomic E-state index is -3.25. The van der Waals surface area contributed by atoms with Gasteiger partial charge in [0.2, 0.25) is 0 Å². The van der Waals surface area contributed by atoms with E-state index in [1.165, 1.54) is 4.90 Å². The molecule has 1 aliphatic rings. The molecular weight excluding hydrogens is 404 g/mol. The first-order chi connectivity index (χ1) is 13.8. The Hall–Kier alpha value is -2.81. The van der Waals surface area contributed by atoms with Crippen molar-refractivity contribution in [3.8, 4) is 0 Å². The summed E-state index contributed by atoms with van der Waals surface area (Å²) in [5.74, 6) is -4.33. The molecule has 2 aromatic carbocycles. The van der Waals surface area contributed by atoms with Crippen LogP contribution >= 0.6 is 0 Å². The van der Waals surface area contributed by atoms with Crippen molar-refractivity contribution in [1.29, 1.82) is 0 Å². The zero-order valence-corrected chi connectivity index (χ0v) is 16.2. The highest BCUT2D eigenvalue weighted by molar-refractivity contribution is 7.91. The highest BCUT2D eigenvalue weighted by Crippen LogP contribution is 2.21. The number of sulfone groups is 1. The number of carbonyl (C=O) groups is 2. The van der Waals surface area contributed by atoms with Crippen LogP contribution in [-0.4, -0.2) is 49.3 Å². The molecule has 0 spiro atoms. The number of benzene rings is 2. The number of ether oxygens (including phenoxy) is 1. The fourth-order valence-corrected chi connectivity index (χ4v) is 4.93. The average Bonchev–Trinajstić information content (AvgIpc) is 3.04. The van der Waals surface area contributed by atoms with Crippen LogP contribution in [0.5, 0.6) is 0 Å². The summed E-state index contributed by atoms with van der Waals surface area (Å²) in [6, 6.07) is 11.3. The van der Waals surface area contributed by atoms with Gasteiger partial charge < -0.3 is 9.64 Å². The third kappa shape index (κ3) is 5.17. The number of nitrogens with zero attached hydrogens (tertiary/aromatic N) is 1. The maximum atomic E-state index is 13.7. The molecule has 154 valence electrons. The topological polar surface area (TPSA) is 80.8 Å². The Balaban J connectivity index is 1.73. The Kier molecular flexibility index (Phi) is 6.26. The molecule has 0 aromatic heterocycles. The second kappa shape index (κ2) is 8.69. The van der Waals surface area contributed by atoms with Crippen LogP contribution in [0.4, 0.5) is 8.78 Å². The van der Waals surface area contributed by atoms with Gasteiger partial charge in [-0.15, -0.1) is 0 Å². The number of carbonyl (C=O) groups excluding carboxylic acids is 2. The van der Waals surface area contributed by atoms with Crippen LogP contribution in [0.25, 0.3) is 0 Å². The smallest absolute Gasteiger partial charge is 0.344 e. The first-order valence-electron chi connectivity index (χ1n) is 8.92. The summed E-state index contributed by atoms with van der Waals surface area (Å²) in [5, 5.41) is 0. The molecule has 0 aliphatic carbocycles. The number of hydrogen-bond acceptors (Lipinski definition) is 5. The van der Waals surface area contributed by atoms with Gasteiger partial charge in [0.15, 0.2) is 16.4 Å². The summed E-state index contributed by atoms with van der Waals surface area (Å²) < 4.78 is 55.9. The van der Waals surface area contributed by atoms with Crippen LogP contribution in [0.2, 0.25) is 0 Å². The van der Waals surface area contributed by atoms with E-state index in [1.807, 2.05) is 0 Å². The van der Waals surface area contributed by atoms with Crippen molar-refractivity contribution in [2.45, 2.75) is 19.0 Å². The highest BCUT2D eigenvalue weighted by Gasteiger charge is 2.35. The van der Waals surface area contributed by atoms with Crippen molar-refractivity contribution in [2.75, 3.05) is 18.1 Å². The predicted molar refractivity (Wildman–Crippen MR) is 101 cm³/mol. The molecule has 0 saturated carbocycles. The summed E-state index contributed by atoms with van der Waals surface area (Å²) in [5.41, 5.74) is -0.102. The van der Waals surface area contributed by atoms with Crippen molar-refractivity contribution in [3.05, 3.63) is 71.3 Å². The second-order valence-electron chi connectivity index (χ2n) is 6.74. The van der Waals surface area contributed by atoms with Crippen LogP contribution in [0.3, 0.4) is 0 Å². The molecule has 3 rings (SSSR count). The Labute approximate surface area is 167 Å². The van der Waals surface area contributed by atoms with Crippen LogP contribution in [-0.2, 0) is 25.9 Å². The van der Waals surface area contributed by atoms with Crippen LogP contribution in [0.15, 0.2) is 48.5 Å². The van der Waals surface area contributed by atoms with E-state index in [9.17, 15) is 26.8 Å². The molecule has 29 heavy (non-hydrogen) atoms. The summed E-state index contributed by atoms with van der Waals surface area (Å²) in [6.07, 6.45) is 0.275. The van der Waals surface area contributed by atoms with Gasteiger partial charge in [-0.05, 0) is 24.1 Å². The van der Waals surface area contributed by atoms with Crippen molar-refractivity contribution in [1.82, 2.24) is 4.90 Å². The van der Waals surface area contributed by atoms with Gasteiger partial charge in [-0.25, -0.2) is 22.0 Å². The van der Waals surface area contributed by atoms with Gasteiger partial charge in [0.1, 0.15) is 17.2 Å². The Morgan fingerprint density at radius 1 is 1.03 bits per heavy atom. The largest absolute Gasteiger partial charge is 0.452 e. The van der Waals surface area contributed by atoms with E-state index in [4.69, 9.17) is 4.74 Å². The fourth-order valence-electron chi connectivity index (χ4n) is 3.20. The summed E-state index contributed by atoms with van der Waals surface area (Å²) in [6.45, 7) is -0.624. The summed E-state index contributed by atoms with van der Waals surface area (Å²) >= 11 is 0. The number of rotatable bonds is 6. The van der Waals surface area contributed by atoms with E-state index >= 15 is 0 Å². The van der Waals surface area contributed by atoms with Gasteiger partial charge in [-0.1, -0.05) is 36.4 Å². The van der Waals surface area contributed by atoms with Crippen molar-refractivity contribution in [3.63, 3.8) is 0 Å². The third-order valence-electron chi connectivity index (χ3n) is 4.66. The van der Waals surface area contributed by atoms with Gasteiger partial charge in [0.25, 0.3) is 5.91 Å². The maximum Gasteiger partial charge on any atom is 0.344 e. The normalized spacial score (nSPS) is 17.7. The zero-order chi connectivity index (χ0) is 21.0. The van der Waals surface area contributed by atoms with E-state index in [-0.39, 0.29) is 24.5 Å². The number of esters is 1. The van der Waals surface area contributed by atoms with Gasteiger partial charge >= 0.3 is 5.97 Å². The zero-order valence-electron chi connectivity index (χ0n) is 15.4. The molecule has 0 bridgehead atoms. The predicted octanol–water partition coefficient (Wildman–Crippen LogP) is 2.34. The van der Waals surface area contributed by atoms with E-state index < -0.39 is 51.6 Å². The van der Waals surface area contributed by atoms with E-state index in [0.29, 0.717) is 0 Å². The Morgan fingerprint density at radius 3 is 2.28 bits per heavy atom. The van der Waals surface area contributed by atoms with E-state index in [2.05, 4.69) is 0 Å². The molecule has 1 heterocycles. The fraction of sp³-hybridized carbons (Fsp3) is 0.300. The number of halogens is 2. The SMILES string of the molecule is O=C(OCC(=O)N(Cc1ccccc1)[C@H]1CCS(=O)(=O)C1)c1c(F)cccc1F. The molecule has 1 saturated heterocycles. The molecule has 6 nitrogen and oxygen atoms in total. The molecule has 0 unspecified atom stereocenters. The van der Waals surface area contributed by atoms with Crippen LogP contribution in [0, 0.1) is 11.6 Å². The molecule has 1 amide bonds. The molecular formula is C20H19F2NO5S. The lowest BCUT2D eigenvalue weighted by Gasteiger charge is -2.28. The van der Waals surface area contributed by atoms with Gasteiger partial charge in [0, 0.05) is 12.6 Å². The minimum absolute atomic E-state index is 0.0313. The number of amides is 1. The molecule has 2 aromatic rings. The first kappa shape index (κ1) is 20.9. The third-order valence-corrected chi connectivity index (χ3v) is 6.41. The highest BCUT2D eigenvalue weighted by atomic mass is 32.2. The van der Waals surface area contributed by atoms with Crippen LogP contribution in [0.1, 0.15) is 22.3 Å². The van der Waals surface area contributed by atoms with Gasteiger partial charge in [-0.2, -0.15) is 0 Å². The quantitative estimate of drug-likeness (QED) is 0.667. The van der Waals surface area contributed by atoms with Crippen molar-refractivity contribution in [2.24, 2.45) is 0 Å².